The number of rotatable bonds is 11. The van der Waals surface area contributed by atoms with E-state index >= 15 is 0 Å². The number of hydrogen-bond acceptors (Lipinski definition) is 5. The van der Waals surface area contributed by atoms with Crippen LogP contribution in [0.2, 0.25) is 0 Å². The van der Waals surface area contributed by atoms with Gasteiger partial charge in [-0.15, -0.1) is 0 Å². The van der Waals surface area contributed by atoms with Gasteiger partial charge in [0.15, 0.2) is 11.5 Å². The molecular weight excluding hydrogens is 606 g/mol. The summed E-state index contributed by atoms with van der Waals surface area (Å²) < 4.78 is 11.8. The van der Waals surface area contributed by atoms with Crippen molar-refractivity contribution in [1.29, 1.82) is 0 Å². The quantitative estimate of drug-likeness (QED) is 0.255. The molecule has 0 aromatic heterocycles. The molecule has 1 heterocycles. The van der Waals surface area contributed by atoms with Gasteiger partial charge in [0.25, 0.3) is 5.91 Å². The number of halogens is 1. The number of nitrogens with zero attached hydrogens (tertiary/aromatic N) is 2. The zero-order valence-electron chi connectivity index (χ0n) is 25.2. The molecule has 2 fully saturated rings. The molecule has 7 nitrogen and oxygen atoms in total. The van der Waals surface area contributed by atoms with Gasteiger partial charge < -0.3 is 19.7 Å². The summed E-state index contributed by atoms with van der Waals surface area (Å²) in [6, 6.07) is 22.1. The Kier molecular flexibility index (Phi) is 10.8. The normalized spacial score (nSPS) is 16.2. The minimum Gasteiger partial charge on any atom is -0.493 e. The van der Waals surface area contributed by atoms with E-state index in [-0.39, 0.29) is 17.9 Å². The van der Waals surface area contributed by atoms with Gasteiger partial charge in [-0.3, -0.25) is 14.5 Å². The van der Waals surface area contributed by atoms with Gasteiger partial charge in [-0.25, -0.2) is 0 Å². The van der Waals surface area contributed by atoms with E-state index in [4.69, 9.17) is 9.47 Å². The molecular formula is C35H42BrN3O4. The minimum absolute atomic E-state index is 0.140. The molecule has 43 heavy (non-hydrogen) atoms. The van der Waals surface area contributed by atoms with Crippen molar-refractivity contribution >= 4 is 27.7 Å². The number of carbonyl (C=O) groups is 2. The standard InChI is InChI=1S/C35H42BrN3O4/c1-42-32-16-11-27(21-33(32)43-2)22-37-34(40)28-12-7-26(8-13-28)24-39(35(41)29-5-3-4-6-29)31-17-19-38(20-18-31)23-25-9-14-30(36)15-10-25/h7-16,21,29,31H,3-6,17-20,22-24H2,1-2H3,(H,37,40). The van der Waals surface area contributed by atoms with Crippen molar-refractivity contribution < 1.29 is 19.1 Å². The van der Waals surface area contributed by atoms with E-state index in [0.717, 1.165) is 73.8 Å². The van der Waals surface area contributed by atoms with Gasteiger partial charge in [-0.1, -0.05) is 59.1 Å². The van der Waals surface area contributed by atoms with Crippen molar-refractivity contribution in [1.82, 2.24) is 15.1 Å². The van der Waals surface area contributed by atoms with Gasteiger partial charge in [-0.05, 0) is 78.8 Å². The predicted octanol–water partition coefficient (Wildman–Crippen LogP) is 6.58. The van der Waals surface area contributed by atoms with E-state index in [1.165, 1.54) is 5.56 Å². The monoisotopic (exact) mass is 647 g/mol. The Labute approximate surface area is 263 Å². The molecule has 2 amide bonds. The lowest BCUT2D eigenvalue weighted by atomic mass is 9.98. The number of piperidine rings is 1. The average Bonchev–Trinajstić information content (AvgIpc) is 3.59. The van der Waals surface area contributed by atoms with Crippen LogP contribution in [0.25, 0.3) is 0 Å². The van der Waals surface area contributed by atoms with Crippen LogP contribution in [0.15, 0.2) is 71.2 Å². The zero-order valence-corrected chi connectivity index (χ0v) is 26.8. The summed E-state index contributed by atoms with van der Waals surface area (Å²) >= 11 is 3.52. The maximum atomic E-state index is 13.8. The third kappa shape index (κ3) is 8.18. The second-order valence-electron chi connectivity index (χ2n) is 11.7. The molecule has 3 aromatic carbocycles. The molecule has 1 saturated heterocycles. The van der Waals surface area contributed by atoms with E-state index in [1.807, 2.05) is 42.5 Å². The summed E-state index contributed by atoms with van der Waals surface area (Å²) in [5.74, 6) is 1.59. The highest BCUT2D eigenvalue weighted by atomic mass is 79.9. The fourth-order valence-electron chi connectivity index (χ4n) is 6.26. The van der Waals surface area contributed by atoms with Gasteiger partial charge in [0.2, 0.25) is 5.91 Å². The molecule has 5 rings (SSSR count). The Hall–Kier alpha value is -3.36. The average molecular weight is 649 g/mol. The summed E-state index contributed by atoms with van der Waals surface area (Å²) in [5.41, 5.74) is 3.89. The Morgan fingerprint density at radius 3 is 2.12 bits per heavy atom. The molecule has 1 N–H and O–H groups in total. The molecule has 228 valence electrons. The summed E-state index contributed by atoms with van der Waals surface area (Å²) in [5, 5.41) is 2.99. The SMILES string of the molecule is COc1ccc(CNC(=O)c2ccc(CN(C(=O)C3CCCC3)C3CCN(Cc4ccc(Br)cc4)CC3)cc2)cc1OC. The first-order valence-electron chi connectivity index (χ1n) is 15.3. The number of amides is 2. The molecule has 2 aliphatic rings. The molecule has 1 aliphatic carbocycles. The Balaban J connectivity index is 1.19. The molecule has 0 bridgehead atoms. The number of likely N-dealkylation sites (tertiary alicyclic amines) is 1. The van der Waals surface area contributed by atoms with Crippen molar-refractivity contribution in [2.75, 3.05) is 27.3 Å². The maximum absolute atomic E-state index is 13.8. The van der Waals surface area contributed by atoms with E-state index in [2.05, 4.69) is 55.3 Å². The van der Waals surface area contributed by atoms with E-state index in [1.54, 1.807) is 14.2 Å². The summed E-state index contributed by atoms with van der Waals surface area (Å²) in [4.78, 5) is 31.3. The number of methoxy groups -OCH3 is 2. The number of benzene rings is 3. The molecule has 3 aromatic rings. The molecule has 0 unspecified atom stereocenters. The van der Waals surface area contributed by atoms with Crippen LogP contribution < -0.4 is 14.8 Å². The summed E-state index contributed by atoms with van der Waals surface area (Å²) in [6.07, 6.45) is 6.23. The van der Waals surface area contributed by atoms with Gasteiger partial charge in [-0.2, -0.15) is 0 Å². The third-order valence-electron chi connectivity index (χ3n) is 8.77. The summed E-state index contributed by atoms with van der Waals surface area (Å²) in [6.45, 7) is 3.86. The Bertz CT molecular complexity index is 1360. The third-order valence-corrected chi connectivity index (χ3v) is 9.30. The van der Waals surface area contributed by atoms with Crippen LogP contribution in [0.5, 0.6) is 11.5 Å². The number of carbonyl (C=O) groups excluding carboxylic acids is 2. The number of nitrogens with one attached hydrogen (secondary N) is 1. The van der Waals surface area contributed by atoms with Crippen LogP contribution in [0.1, 0.15) is 65.6 Å². The highest BCUT2D eigenvalue weighted by Crippen LogP contribution is 2.31. The second kappa shape index (κ2) is 14.9. The minimum atomic E-state index is -0.140. The van der Waals surface area contributed by atoms with Gasteiger partial charge >= 0.3 is 0 Å². The zero-order chi connectivity index (χ0) is 30.2. The van der Waals surface area contributed by atoms with Gasteiger partial charge in [0, 0.05) is 54.7 Å². The van der Waals surface area contributed by atoms with Crippen LogP contribution in [0, 0.1) is 5.92 Å². The first-order chi connectivity index (χ1) is 20.9. The molecule has 0 atom stereocenters. The number of hydrogen-bond donors (Lipinski definition) is 1. The number of ether oxygens (including phenoxy) is 2. The van der Waals surface area contributed by atoms with Crippen molar-refractivity contribution in [2.24, 2.45) is 5.92 Å². The van der Waals surface area contributed by atoms with E-state index < -0.39 is 0 Å². The van der Waals surface area contributed by atoms with Gasteiger partial charge in [0.05, 0.1) is 14.2 Å². The van der Waals surface area contributed by atoms with Crippen molar-refractivity contribution in [3.8, 4) is 11.5 Å². The van der Waals surface area contributed by atoms with Crippen LogP contribution in [0.4, 0.5) is 0 Å². The second-order valence-corrected chi connectivity index (χ2v) is 12.6. The maximum Gasteiger partial charge on any atom is 0.251 e. The summed E-state index contributed by atoms with van der Waals surface area (Å²) in [7, 11) is 3.19. The van der Waals surface area contributed by atoms with Crippen LogP contribution in [-0.2, 0) is 24.4 Å². The van der Waals surface area contributed by atoms with Crippen LogP contribution >= 0.6 is 15.9 Å². The van der Waals surface area contributed by atoms with E-state index in [9.17, 15) is 9.59 Å². The van der Waals surface area contributed by atoms with Crippen molar-refractivity contribution in [3.05, 3.63) is 93.5 Å². The smallest absolute Gasteiger partial charge is 0.251 e. The van der Waals surface area contributed by atoms with Crippen molar-refractivity contribution in [2.45, 2.75) is 64.2 Å². The van der Waals surface area contributed by atoms with E-state index in [0.29, 0.717) is 36.1 Å². The van der Waals surface area contributed by atoms with Crippen molar-refractivity contribution in [3.63, 3.8) is 0 Å². The fourth-order valence-corrected chi connectivity index (χ4v) is 6.53. The predicted molar refractivity (Wildman–Crippen MR) is 172 cm³/mol. The highest BCUT2D eigenvalue weighted by Gasteiger charge is 2.33. The molecule has 8 heteroatoms. The first-order valence-corrected chi connectivity index (χ1v) is 16.1. The molecule has 1 aliphatic heterocycles. The Morgan fingerprint density at radius 2 is 1.47 bits per heavy atom. The topological polar surface area (TPSA) is 71.1 Å². The lowest BCUT2D eigenvalue weighted by molar-refractivity contribution is -0.139. The molecule has 0 spiro atoms. The Morgan fingerprint density at radius 1 is 0.837 bits per heavy atom. The fraction of sp³-hybridized carbons (Fsp3) is 0.429. The first kappa shape index (κ1) is 31.1. The lowest BCUT2D eigenvalue weighted by Crippen LogP contribution is -2.48. The molecule has 0 radical (unpaired) electrons. The van der Waals surface area contributed by atoms with Crippen LogP contribution in [-0.4, -0.2) is 55.0 Å². The van der Waals surface area contributed by atoms with Gasteiger partial charge in [0.1, 0.15) is 0 Å². The lowest BCUT2D eigenvalue weighted by Gasteiger charge is -2.40. The molecule has 1 saturated carbocycles. The van der Waals surface area contributed by atoms with Crippen LogP contribution in [0.3, 0.4) is 0 Å². The largest absolute Gasteiger partial charge is 0.493 e. The highest BCUT2D eigenvalue weighted by molar-refractivity contribution is 9.10.